The Balaban J connectivity index is 1.90. The van der Waals surface area contributed by atoms with Crippen molar-refractivity contribution < 1.29 is 14.3 Å². The van der Waals surface area contributed by atoms with Crippen LogP contribution < -0.4 is 10.1 Å². The minimum absolute atomic E-state index is 0.0656. The van der Waals surface area contributed by atoms with Crippen LogP contribution in [-0.2, 0) is 16.1 Å². The molecule has 25 heavy (non-hydrogen) atoms. The molecule has 1 N–H and O–H groups in total. The van der Waals surface area contributed by atoms with Gasteiger partial charge in [-0.25, -0.2) is 0 Å². The highest BCUT2D eigenvalue weighted by Gasteiger charge is 2.12. The number of carbonyl (C=O) groups excluding carboxylic acids is 2. The van der Waals surface area contributed by atoms with Crippen LogP contribution in [0.2, 0.25) is 5.02 Å². The standard InChI is InChI=1S/C19H21ClN2O3/c1-14(23)22(13-15-6-4-3-5-7-15)11-10-19(24)21-16-8-9-18(25-2)17(20)12-16/h3-9,12H,10-11,13H2,1-2H3,(H,21,24). The van der Waals surface area contributed by atoms with Crippen molar-refractivity contribution in [1.29, 1.82) is 0 Å². The summed E-state index contributed by atoms with van der Waals surface area (Å²) in [4.78, 5) is 25.6. The number of anilines is 1. The maximum absolute atomic E-state index is 12.1. The maximum Gasteiger partial charge on any atom is 0.226 e. The second-order valence-corrected chi connectivity index (χ2v) is 5.98. The molecule has 0 atom stereocenters. The van der Waals surface area contributed by atoms with E-state index in [1.54, 1.807) is 23.1 Å². The maximum atomic E-state index is 12.1. The lowest BCUT2D eigenvalue weighted by molar-refractivity contribution is -0.129. The Labute approximate surface area is 152 Å². The van der Waals surface area contributed by atoms with E-state index < -0.39 is 0 Å². The molecule has 2 rings (SSSR count). The van der Waals surface area contributed by atoms with E-state index in [2.05, 4.69) is 5.32 Å². The van der Waals surface area contributed by atoms with Gasteiger partial charge >= 0.3 is 0 Å². The minimum atomic E-state index is -0.180. The fraction of sp³-hybridized carbons (Fsp3) is 0.263. The zero-order valence-corrected chi connectivity index (χ0v) is 15.0. The molecule has 0 aromatic heterocycles. The summed E-state index contributed by atoms with van der Waals surface area (Å²) in [6, 6.07) is 14.7. The van der Waals surface area contributed by atoms with Crippen molar-refractivity contribution in [3.63, 3.8) is 0 Å². The van der Waals surface area contributed by atoms with Crippen molar-refractivity contribution in [3.8, 4) is 5.75 Å². The van der Waals surface area contributed by atoms with Gasteiger partial charge in [0, 0.05) is 32.1 Å². The largest absolute Gasteiger partial charge is 0.495 e. The third-order valence-electron chi connectivity index (χ3n) is 3.71. The van der Waals surface area contributed by atoms with E-state index in [0.717, 1.165) is 5.56 Å². The summed E-state index contributed by atoms with van der Waals surface area (Å²) in [5.41, 5.74) is 1.62. The lowest BCUT2D eigenvalue weighted by Crippen LogP contribution is -2.31. The van der Waals surface area contributed by atoms with Crippen LogP contribution in [0.5, 0.6) is 5.75 Å². The van der Waals surface area contributed by atoms with Crippen molar-refractivity contribution >= 4 is 29.1 Å². The molecule has 132 valence electrons. The third kappa shape index (κ3) is 5.80. The van der Waals surface area contributed by atoms with Gasteiger partial charge in [-0.1, -0.05) is 41.9 Å². The van der Waals surface area contributed by atoms with Crippen LogP contribution in [0.25, 0.3) is 0 Å². The van der Waals surface area contributed by atoms with Crippen LogP contribution in [0.4, 0.5) is 5.69 Å². The Morgan fingerprint density at radius 1 is 1.16 bits per heavy atom. The van der Waals surface area contributed by atoms with Crippen molar-refractivity contribution in [2.45, 2.75) is 19.9 Å². The van der Waals surface area contributed by atoms with Gasteiger partial charge in [0.2, 0.25) is 11.8 Å². The highest BCUT2D eigenvalue weighted by atomic mass is 35.5. The van der Waals surface area contributed by atoms with Gasteiger partial charge < -0.3 is 15.0 Å². The first kappa shape index (κ1) is 18.8. The summed E-state index contributed by atoms with van der Waals surface area (Å²) < 4.78 is 5.08. The summed E-state index contributed by atoms with van der Waals surface area (Å²) >= 11 is 6.04. The van der Waals surface area contributed by atoms with Crippen molar-refractivity contribution in [2.75, 3.05) is 19.0 Å². The molecule has 2 aromatic carbocycles. The summed E-state index contributed by atoms with van der Waals surface area (Å²) in [7, 11) is 1.53. The Morgan fingerprint density at radius 2 is 1.88 bits per heavy atom. The molecule has 0 bridgehead atoms. The van der Waals surface area contributed by atoms with Gasteiger partial charge in [0.05, 0.1) is 12.1 Å². The van der Waals surface area contributed by atoms with E-state index in [4.69, 9.17) is 16.3 Å². The fourth-order valence-electron chi connectivity index (χ4n) is 2.36. The molecule has 0 saturated heterocycles. The normalized spacial score (nSPS) is 10.2. The first-order valence-electron chi connectivity index (χ1n) is 7.92. The number of nitrogens with one attached hydrogen (secondary N) is 1. The molecule has 5 nitrogen and oxygen atoms in total. The molecule has 0 aliphatic carbocycles. The number of ether oxygens (including phenoxy) is 1. The predicted molar refractivity (Wildman–Crippen MR) is 98.8 cm³/mol. The molecule has 2 amide bonds. The smallest absolute Gasteiger partial charge is 0.226 e. The average Bonchev–Trinajstić information content (AvgIpc) is 2.59. The van der Waals surface area contributed by atoms with Gasteiger partial charge in [-0.15, -0.1) is 0 Å². The number of carbonyl (C=O) groups is 2. The van der Waals surface area contributed by atoms with Gasteiger partial charge in [0.15, 0.2) is 0 Å². The highest BCUT2D eigenvalue weighted by molar-refractivity contribution is 6.32. The number of methoxy groups -OCH3 is 1. The Hall–Kier alpha value is -2.53. The van der Waals surface area contributed by atoms with Crippen molar-refractivity contribution in [3.05, 3.63) is 59.1 Å². The first-order valence-corrected chi connectivity index (χ1v) is 8.30. The number of hydrogen-bond acceptors (Lipinski definition) is 3. The van der Waals surface area contributed by atoms with E-state index in [9.17, 15) is 9.59 Å². The number of amides is 2. The summed E-state index contributed by atoms with van der Waals surface area (Å²) in [5, 5.41) is 3.20. The van der Waals surface area contributed by atoms with E-state index in [0.29, 0.717) is 29.5 Å². The molecule has 0 spiro atoms. The molecule has 0 aliphatic rings. The number of rotatable bonds is 7. The third-order valence-corrected chi connectivity index (χ3v) is 4.00. The van der Waals surface area contributed by atoms with Gasteiger partial charge in [-0.05, 0) is 23.8 Å². The highest BCUT2D eigenvalue weighted by Crippen LogP contribution is 2.27. The van der Waals surface area contributed by atoms with Crippen LogP contribution in [0.3, 0.4) is 0 Å². The van der Waals surface area contributed by atoms with Gasteiger partial charge in [-0.2, -0.15) is 0 Å². The number of halogens is 1. The number of benzene rings is 2. The molecule has 6 heteroatoms. The molecule has 2 aromatic rings. The fourth-order valence-corrected chi connectivity index (χ4v) is 2.61. The van der Waals surface area contributed by atoms with Crippen LogP contribution in [0.15, 0.2) is 48.5 Å². The summed E-state index contributed by atoms with van der Waals surface area (Å²) in [5.74, 6) is 0.301. The molecule has 0 unspecified atom stereocenters. The van der Waals surface area contributed by atoms with E-state index in [1.807, 2.05) is 30.3 Å². The number of hydrogen-bond donors (Lipinski definition) is 1. The average molecular weight is 361 g/mol. The minimum Gasteiger partial charge on any atom is -0.495 e. The molecule has 0 aliphatic heterocycles. The second-order valence-electron chi connectivity index (χ2n) is 5.57. The zero-order valence-electron chi connectivity index (χ0n) is 14.3. The Bertz CT molecular complexity index is 735. The quantitative estimate of drug-likeness (QED) is 0.818. The summed E-state index contributed by atoms with van der Waals surface area (Å²) in [6.45, 7) is 2.34. The number of nitrogens with zero attached hydrogens (tertiary/aromatic N) is 1. The zero-order chi connectivity index (χ0) is 18.2. The van der Waals surface area contributed by atoms with E-state index in [-0.39, 0.29) is 18.2 Å². The lowest BCUT2D eigenvalue weighted by atomic mass is 10.2. The van der Waals surface area contributed by atoms with Crippen LogP contribution >= 0.6 is 11.6 Å². The SMILES string of the molecule is COc1ccc(NC(=O)CCN(Cc2ccccc2)C(C)=O)cc1Cl. The Morgan fingerprint density at radius 3 is 2.48 bits per heavy atom. The molecular weight excluding hydrogens is 340 g/mol. The van der Waals surface area contributed by atoms with E-state index in [1.165, 1.54) is 14.0 Å². The van der Waals surface area contributed by atoms with Gasteiger partial charge in [0.25, 0.3) is 0 Å². The van der Waals surface area contributed by atoms with Gasteiger partial charge in [0.1, 0.15) is 5.75 Å². The molecule has 0 heterocycles. The lowest BCUT2D eigenvalue weighted by Gasteiger charge is -2.21. The van der Waals surface area contributed by atoms with Crippen molar-refractivity contribution in [1.82, 2.24) is 4.90 Å². The molecule has 0 fully saturated rings. The topological polar surface area (TPSA) is 58.6 Å². The summed E-state index contributed by atoms with van der Waals surface area (Å²) in [6.07, 6.45) is 0.204. The van der Waals surface area contributed by atoms with Crippen LogP contribution in [0.1, 0.15) is 18.9 Å². The van der Waals surface area contributed by atoms with Crippen LogP contribution in [-0.4, -0.2) is 30.4 Å². The monoisotopic (exact) mass is 360 g/mol. The van der Waals surface area contributed by atoms with Gasteiger partial charge in [-0.3, -0.25) is 9.59 Å². The predicted octanol–water partition coefficient (Wildman–Crippen LogP) is 3.73. The molecular formula is C19H21ClN2O3. The van der Waals surface area contributed by atoms with Crippen LogP contribution in [0, 0.1) is 0 Å². The molecule has 0 saturated carbocycles. The second kappa shape index (κ2) is 9.08. The first-order chi connectivity index (χ1) is 12.0. The van der Waals surface area contributed by atoms with E-state index >= 15 is 0 Å². The Kier molecular flexibility index (Phi) is 6.83. The van der Waals surface area contributed by atoms with Crippen molar-refractivity contribution in [2.24, 2.45) is 0 Å². The molecule has 0 radical (unpaired) electrons.